The molecule has 2 atom stereocenters. The number of rotatable bonds is 6. The first-order chi connectivity index (χ1) is 10.5. The van der Waals surface area contributed by atoms with Gasteiger partial charge in [-0.3, -0.25) is 9.69 Å². The quantitative estimate of drug-likeness (QED) is 0.829. The predicted octanol–water partition coefficient (Wildman–Crippen LogP) is 3.56. The SMILES string of the molecule is CC(O)CC1CCCN1CCC(=O)Nc1c(Cl)cccc1Cl. The Hall–Kier alpha value is -0.810. The summed E-state index contributed by atoms with van der Waals surface area (Å²) in [5.41, 5.74) is 0.470. The number of nitrogens with zero attached hydrogens (tertiary/aromatic N) is 1. The number of hydrogen-bond donors (Lipinski definition) is 2. The van der Waals surface area contributed by atoms with Gasteiger partial charge in [-0.1, -0.05) is 29.3 Å². The van der Waals surface area contributed by atoms with E-state index in [0.717, 1.165) is 25.8 Å². The summed E-state index contributed by atoms with van der Waals surface area (Å²) in [4.78, 5) is 14.4. The smallest absolute Gasteiger partial charge is 0.225 e. The lowest BCUT2D eigenvalue weighted by Crippen LogP contribution is -2.34. The Kier molecular flexibility index (Phi) is 6.50. The Morgan fingerprint density at radius 1 is 1.45 bits per heavy atom. The number of carbonyl (C=O) groups is 1. The first-order valence-electron chi connectivity index (χ1n) is 7.63. The summed E-state index contributed by atoms with van der Waals surface area (Å²) in [6, 6.07) is 5.51. The molecule has 0 aromatic heterocycles. The summed E-state index contributed by atoms with van der Waals surface area (Å²) in [5, 5.41) is 13.2. The normalized spacial score (nSPS) is 20.1. The molecule has 1 aliphatic rings. The van der Waals surface area contributed by atoms with Gasteiger partial charge < -0.3 is 10.4 Å². The van der Waals surface area contributed by atoms with Crippen LogP contribution in [-0.2, 0) is 4.79 Å². The standard InChI is InChI=1S/C16H22Cl2N2O2/c1-11(21)10-12-4-3-8-20(12)9-7-15(22)19-16-13(17)5-2-6-14(16)18/h2,5-6,11-12,21H,3-4,7-10H2,1H3,(H,19,22). The van der Waals surface area contributed by atoms with Crippen LogP contribution in [0.2, 0.25) is 10.0 Å². The maximum absolute atomic E-state index is 12.1. The number of benzene rings is 1. The molecule has 0 bridgehead atoms. The summed E-state index contributed by atoms with van der Waals surface area (Å²) in [7, 11) is 0. The van der Waals surface area contributed by atoms with Gasteiger partial charge in [0, 0.05) is 19.0 Å². The predicted molar refractivity (Wildman–Crippen MR) is 90.6 cm³/mol. The zero-order chi connectivity index (χ0) is 16.1. The van der Waals surface area contributed by atoms with Crippen LogP contribution in [0.5, 0.6) is 0 Å². The van der Waals surface area contributed by atoms with E-state index in [4.69, 9.17) is 23.2 Å². The maximum atomic E-state index is 12.1. The molecule has 0 radical (unpaired) electrons. The van der Waals surface area contributed by atoms with Gasteiger partial charge in [0.15, 0.2) is 0 Å². The number of aliphatic hydroxyl groups excluding tert-OH is 1. The molecule has 1 fully saturated rings. The van der Waals surface area contributed by atoms with E-state index >= 15 is 0 Å². The first-order valence-corrected chi connectivity index (χ1v) is 8.39. The highest BCUT2D eigenvalue weighted by Gasteiger charge is 2.25. The van der Waals surface area contributed by atoms with Crippen LogP contribution in [0.15, 0.2) is 18.2 Å². The van der Waals surface area contributed by atoms with Gasteiger partial charge in [-0.05, 0) is 44.9 Å². The van der Waals surface area contributed by atoms with E-state index in [-0.39, 0.29) is 12.0 Å². The third-order valence-electron chi connectivity index (χ3n) is 3.97. The van der Waals surface area contributed by atoms with Gasteiger partial charge in [-0.2, -0.15) is 0 Å². The molecule has 1 aromatic carbocycles. The Morgan fingerprint density at radius 3 is 2.77 bits per heavy atom. The number of nitrogens with one attached hydrogen (secondary N) is 1. The van der Waals surface area contributed by atoms with Crippen LogP contribution in [0.1, 0.15) is 32.6 Å². The van der Waals surface area contributed by atoms with Gasteiger partial charge in [-0.25, -0.2) is 0 Å². The Morgan fingerprint density at radius 2 is 2.14 bits per heavy atom. The first kappa shape index (κ1) is 17.5. The van der Waals surface area contributed by atoms with E-state index in [1.165, 1.54) is 0 Å². The van der Waals surface area contributed by atoms with E-state index in [0.29, 0.717) is 34.7 Å². The molecule has 2 rings (SSSR count). The molecule has 6 heteroatoms. The summed E-state index contributed by atoms with van der Waals surface area (Å²) in [6.07, 6.45) is 3.05. The number of carbonyl (C=O) groups excluding carboxylic acids is 1. The Bertz CT molecular complexity index is 503. The molecule has 122 valence electrons. The molecule has 0 spiro atoms. The maximum Gasteiger partial charge on any atom is 0.225 e. The second-order valence-electron chi connectivity index (χ2n) is 5.81. The topological polar surface area (TPSA) is 52.6 Å². The lowest BCUT2D eigenvalue weighted by atomic mass is 10.1. The largest absolute Gasteiger partial charge is 0.393 e. The summed E-state index contributed by atoms with van der Waals surface area (Å²) < 4.78 is 0. The average molecular weight is 345 g/mol. The van der Waals surface area contributed by atoms with Gasteiger partial charge in [-0.15, -0.1) is 0 Å². The van der Waals surface area contributed by atoms with Crippen molar-refractivity contribution in [2.75, 3.05) is 18.4 Å². The van der Waals surface area contributed by atoms with Crippen LogP contribution >= 0.6 is 23.2 Å². The number of aliphatic hydroxyl groups is 1. The molecular formula is C16H22Cl2N2O2. The van der Waals surface area contributed by atoms with Crippen LogP contribution in [-0.4, -0.2) is 41.1 Å². The highest BCUT2D eigenvalue weighted by Crippen LogP contribution is 2.30. The number of hydrogen-bond acceptors (Lipinski definition) is 3. The Labute approximate surface area is 141 Å². The molecule has 1 saturated heterocycles. The second kappa shape index (κ2) is 8.16. The molecule has 0 saturated carbocycles. The Balaban J connectivity index is 1.85. The van der Waals surface area contributed by atoms with Gasteiger partial charge >= 0.3 is 0 Å². The second-order valence-corrected chi connectivity index (χ2v) is 6.63. The van der Waals surface area contributed by atoms with Crippen molar-refractivity contribution in [3.8, 4) is 0 Å². The van der Waals surface area contributed by atoms with Crippen LogP contribution in [0.25, 0.3) is 0 Å². The minimum atomic E-state index is -0.304. The van der Waals surface area contributed by atoms with Crippen molar-refractivity contribution in [3.05, 3.63) is 28.2 Å². The summed E-state index contributed by atoms with van der Waals surface area (Å²) >= 11 is 12.1. The zero-order valence-corrected chi connectivity index (χ0v) is 14.2. The van der Waals surface area contributed by atoms with Crippen molar-refractivity contribution < 1.29 is 9.90 Å². The van der Waals surface area contributed by atoms with Crippen molar-refractivity contribution in [2.24, 2.45) is 0 Å². The van der Waals surface area contributed by atoms with Crippen molar-refractivity contribution in [2.45, 2.75) is 44.8 Å². The van der Waals surface area contributed by atoms with E-state index in [9.17, 15) is 9.90 Å². The van der Waals surface area contributed by atoms with Crippen LogP contribution in [0.4, 0.5) is 5.69 Å². The summed E-state index contributed by atoms with van der Waals surface area (Å²) in [6.45, 7) is 3.48. The van der Waals surface area contributed by atoms with E-state index < -0.39 is 0 Å². The van der Waals surface area contributed by atoms with Crippen molar-refractivity contribution in [1.29, 1.82) is 0 Å². The molecule has 1 heterocycles. The number of halogens is 2. The van der Waals surface area contributed by atoms with Gasteiger partial charge in [0.25, 0.3) is 0 Å². The van der Waals surface area contributed by atoms with Crippen molar-refractivity contribution in [3.63, 3.8) is 0 Å². The lowest BCUT2D eigenvalue weighted by molar-refractivity contribution is -0.116. The number of anilines is 1. The molecule has 2 unspecified atom stereocenters. The zero-order valence-electron chi connectivity index (χ0n) is 12.7. The molecule has 1 amide bonds. The van der Waals surface area contributed by atoms with E-state index in [2.05, 4.69) is 10.2 Å². The fourth-order valence-electron chi connectivity index (χ4n) is 2.91. The van der Waals surface area contributed by atoms with E-state index in [1.54, 1.807) is 18.2 Å². The molecular weight excluding hydrogens is 323 g/mol. The highest BCUT2D eigenvalue weighted by atomic mass is 35.5. The molecule has 1 aromatic rings. The molecule has 22 heavy (non-hydrogen) atoms. The third-order valence-corrected chi connectivity index (χ3v) is 4.60. The third kappa shape index (κ3) is 4.85. The van der Waals surface area contributed by atoms with Crippen LogP contribution in [0, 0.1) is 0 Å². The molecule has 1 aliphatic heterocycles. The van der Waals surface area contributed by atoms with Crippen molar-refractivity contribution >= 4 is 34.8 Å². The molecule has 4 nitrogen and oxygen atoms in total. The summed E-state index contributed by atoms with van der Waals surface area (Å²) in [5.74, 6) is -0.0994. The minimum absolute atomic E-state index is 0.0994. The minimum Gasteiger partial charge on any atom is -0.393 e. The van der Waals surface area contributed by atoms with Gasteiger partial charge in [0.2, 0.25) is 5.91 Å². The number of para-hydroxylation sites is 1. The lowest BCUT2D eigenvalue weighted by Gasteiger charge is -2.25. The monoisotopic (exact) mass is 344 g/mol. The highest BCUT2D eigenvalue weighted by molar-refractivity contribution is 6.39. The van der Waals surface area contributed by atoms with Gasteiger partial charge in [0.05, 0.1) is 21.8 Å². The van der Waals surface area contributed by atoms with E-state index in [1.807, 2.05) is 6.92 Å². The molecule has 2 N–H and O–H groups in total. The number of amides is 1. The fourth-order valence-corrected chi connectivity index (χ4v) is 3.41. The number of likely N-dealkylation sites (tertiary alicyclic amines) is 1. The van der Waals surface area contributed by atoms with Gasteiger partial charge in [0.1, 0.15) is 0 Å². The fraction of sp³-hybridized carbons (Fsp3) is 0.562. The van der Waals surface area contributed by atoms with Crippen molar-refractivity contribution in [1.82, 2.24) is 4.90 Å². The molecule has 0 aliphatic carbocycles. The average Bonchev–Trinajstić information content (AvgIpc) is 2.87. The van der Waals surface area contributed by atoms with Crippen LogP contribution < -0.4 is 5.32 Å². The van der Waals surface area contributed by atoms with Crippen LogP contribution in [0.3, 0.4) is 0 Å².